The van der Waals surface area contributed by atoms with Crippen LogP contribution in [0.25, 0.3) is 0 Å². The van der Waals surface area contributed by atoms with E-state index in [0.717, 1.165) is 12.1 Å². The standard InChI is InChI=1S/C11H9F4NO/c12-7-2-1-6(5-8(7)13)9(17)16-11(3-4-11)10(14)15/h1-2,5,10H,3-4H2,(H,16,17). The molecule has 0 aliphatic heterocycles. The fourth-order valence-electron chi connectivity index (χ4n) is 1.47. The van der Waals surface area contributed by atoms with Gasteiger partial charge in [-0.05, 0) is 31.0 Å². The molecule has 1 saturated carbocycles. The van der Waals surface area contributed by atoms with Crippen LogP contribution in [-0.4, -0.2) is 17.9 Å². The average molecular weight is 247 g/mol. The van der Waals surface area contributed by atoms with Gasteiger partial charge < -0.3 is 5.32 Å². The van der Waals surface area contributed by atoms with Gasteiger partial charge in [-0.1, -0.05) is 0 Å². The Kier molecular flexibility index (Phi) is 2.81. The van der Waals surface area contributed by atoms with Crippen LogP contribution in [0.5, 0.6) is 0 Å². The molecule has 0 heterocycles. The number of alkyl halides is 2. The number of hydrogen-bond acceptors (Lipinski definition) is 1. The highest BCUT2D eigenvalue weighted by molar-refractivity contribution is 5.95. The maximum Gasteiger partial charge on any atom is 0.261 e. The minimum absolute atomic E-state index is 0.171. The summed E-state index contributed by atoms with van der Waals surface area (Å²) >= 11 is 0. The van der Waals surface area contributed by atoms with E-state index in [1.807, 2.05) is 0 Å². The van der Waals surface area contributed by atoms with Gasteiger partial charge in [0.2, 0.25) is 0 Å². The Morgan fingerprint density at radius 1 is 1.24 bits per heavy atom. The minimum atomic E-state index is -2.66. The fourth-order valence-corrected chi connectivity index (χ4v) is 1.47. The summed E-state index contributed by atoms with van der Waals surface area (Å²) < 4.78 is 50.5. The molecule has 1 N–H and O–H groups in total. The second-order valence-corrected chi connectivity index (χ2v) is 4.04. The largest absolute Gasteiger partial charge is 0.341 e. The maximum absolute atomic E-state index is 12.8. The Morgan fingerprint density at radius 2 is 1.88 bits per heavy atom. The van der Waals surface area contributed by atoms with E-state index in [1.54, 1.807) is 0 Å². The summed E-state index contributed by atoms with van der Waals surface area (Å²) in [6.45, 7) is 0. The Hall–Kier alpha value is -1.59. The number of halogens is 4. The van der Waals surface area contributed by atoms with Crippen molar-refractivity contribution in [3.05, 3.63) is 35.4 Å². The van der Waals surface area contributed by atoms with Gasteiger partial charge in [0.05, 0.1) is 0 Å². The molecule has 92 valence electrons. The number of amides is 1. The average Bonchev–Trinajstić information content (AvgIpc) is 3.03. The minimum Gasteiger partial charge on any atom is -0.341 e. The first-order valence-corrected chi connectivity index (χ1v) is 5.00. The molecule has 2 nitrogen and oxygen atoms in total. The molecule has 0 unspecified atom stereocenters. The second kappa shape index (κ2) is 4.01. The number of benzene rings is 1. The lowest BCUT2D eigenvalue weighted by Gasteiger charge is -2.16. The smallest absolute Gasteiger partial charge is 0.261 e. The molecule has 17 heavy (non-hydrogen) atoms. The highest BCUT2D eigenvalue weighted by Gasteiger charge is 2.52. The number of hydrogen-bond donors (Lipinski definition) is 1. The van der Waals surface area contributed by atoms with E-state index < -0.39 is 29.5 Å². The van der Waals surface area contributed by atoms with Crippen molar-refractivity contribution in [2.75, 3.05) is 0 Å². The lowest BCUT2D eigenvalue weighted by Crippen LogP contribution is -2.42. The molecule has 6 heteroatoms. The SMILES string of the molecule is O=C(NC1(C(F)F)CC1)c1ccc(F)c(F)c1. The van der Waals surface area contributed by atoms with Gasteiger partial charge in [-0.25, -0.2) is 17.6 Å². The summed E-state index contributed by atoms with van der Waals surface area (Å²) in [4.78, 5) is 11.5. The molecule has 1 aliphatic rings. The first kappa shape index (κ1) is 11.9. The Morgan fingerprint density at radius 3 is 2.35 bits per heavy atom. The van der Waals surface area contributed by atoms with Crippen LogP contribution >= 0.6 is 0 Å². The van der Waals surface area contributed by atoms with Crippen molar-refractivity contribution in [3.8, 4) is 0 Å². The number of nitrogens with one attached hydrogen (secondary N) is 1. The van der Waals surface area contributed by atoms with Gasteiger partial charge in [0.1, 0.15) is 5.54 Å². The Balaban J connectivity index is 2.13. The van der Waals surface area contributed by atoms with Crippen molar-refractivity contribution in [2.45, 2.75) is 24.8 Å². The molecule has 0 atom stereocenters. The molecule has 0 spiro atoms. The lowest BCUT2D eigenvalue weighted by atomic mass is 10.1. The number of carbonyl (C=O) groups excluding carboxylic acids is 1. The van der Waals surface area contributed by atoms with Crippen molar-refractivity contribution < 1.29 is 22.4 Å². The summed E-state index contributed by atoms with van der Waals surface area (Å²) in [5, 5.41) is 2.15. The van der Waals surface area contributed by atoms with Crippen molar-refractivity contribution in [1.29, 1.82) is 0 Å². The maximum atomic E-state index is 12.8. The predicted octanol–water partition coefficient (Wildman–Crippen LogP) is 2.49. The van der Waals surface area contributed by atoms with Crippen LogP contribution in [0.1, 0.15) is 23.2 Å². The molecule has 1 aromatic carbocycles. The van der Waals surface area contributed by atoms with Crippen LogP contribution in [0.4, 0.5) is 17.6 Å². The molecular weight excluding hydrogens is 238 g/mol. The van der Waals surface area contributed by atoms with E-state index in [2.05, 4.69) is 5.32 Å². The van der Waals surface area contributed by atoms with Gasteiger partial charge in [0, 0.05) is 5.56 Å². The van der Waals surface area contributed by atoms with Crippen LogP contribution in [0, 0.1) is 11.6 Å². The normalized spacial score (nSPS) is 17.0. The third-order valence-corrected chi connectivity index (χ3v) is 2.75. The van der Waals surface area contributed by atoms with Crippen molar-refractivity contribution in [3.63, 3.8) is 0 Å². The summed E-state index contributed by atoms with van der Waals surface area (Å²) in [6, 6.07) is 2.52. The van der Waals surface area contributed by atoms with Crippen LogP contribution in [0.3, 0.4) is 0 Å². The van der Waals surface area contributed by atoms with Gasteiger partial charge in [0.25, 0.3) is 12.3 Å². The first-order chi connectivity index (χ1) is 7.94. The molecular formula is C11H9F4NO. The molecule has 1 fully saturated rings. The molecule has 1 amide bonds. The Bertz CT molecular complexity index is 457. The van der Waals surface area contributed by atoms with E-state index in [-0.39, 0.29) is 18.4 Å². The van der Waals surface area contributed by atoms with E-state index in [1.165, 1.54) is 0 Å². The van der Waals surface area contributed by atoms with Crippen LogP contribution in [0.2, 0.25) is 0 Å². The molecule has 0 radical (unpaired) electrons. The molecule has 0 saturated heterocycles. The summed E-state index contributed by atoms with van der Waals surface area (Å²) in [7, 11) is 0. The second-order valence-electron chi connectivity index (χ2n) is 4.04. The third kappa shape index (κ3) is 2.25. The monoisotopic (exact) mass is 247 g/mol. The van der Waals surface area contributed by atoms with Crippen LogP contribution in [-0.2, 0) is 0 Å². The molecule has 0 aromatic heterocycles. The quantitative estimate of drug-likeness (QED) is 0.817. The van der Waals surface area contributed by atoms with E-state index in [4.69, 9.17) is 0 Å². The summed E-state index contributed by atoms with van der Waals surface area (Å²) in [5.74, 6) is -3.09. The van der Waals surface area contributed by atoms with Crippen molar-refractivity contribution >= 4 is 5.91 Å². The molecule has 0 bridgehead atoms. The van der Waals surface area contributed by atoms with Gasteiger partial charge in [-0.15, -0.1) is 0 Å². The zero-order chi connectivity index (χ0) is 12.6. The van der Waals surface area contributed by atoms with E-state index >= 15 is 0 Å². The lowest BCUT2D eigenvalue weighted by molar-refractivity contribution is 0.0679. The third-order valence-electron chi connectivity index (χ3n) is 2.75. The van der Waals surface area contributed by atoms with Crippen molar-refractivity contribution in [1.82, 2.24) is 5.32 Å². The van der Waals surface area contributed by atoms with Gasteiger partial charge >= 0.3 is 0 Å². The van der Waals surface area contributed by atoms with Gasteiger partial charge in [0.15, 0.2) is 11.6 Å². The highest BCUT2D eigenvalue weighted by Crippen LogP contribution is 2.41. The predicted molar refractivity (Wildman–Crippen MR) is 51.8 cm³/mol. The zero-order valence-corrected chi connectivity index (χ0v) is 8.64. The molecule has 1 aliphatic carbocycles. The topological polar surface area (TPSA) is 29.1 Å². The molecule has 1 aromatic rings. The van der Waals surface area contributed by atoms with E-state index in [0.29, 0.717) is 6.07 Å². The Labute approximate surface area is 94.6 Å². The van der Waals surface area contributed by atoms with Crippen molar-refractivity contribution in [2.24, 2.45) is 0 Å². The zero-order valence-electron chi connectivity index (χ0n) is 8.64. The summed E-state index contributed by atoms with van der Waals surface area (Å²) in [6.07, 6.45) is -2.27. The fraction of sp³-hybridized carbons (Fsp3) is 0.364. The molecule has 2 rings (SSSR count). The number of rotatable bonds is 3. The highest BCUT2D eigenvalue weighted by atomic mass is 19.3. The first-order valence-electron chi connectivity index (χ1n) is 5.00. The summed E-state index contributed by atoms with van der Waals surface area (Å²) in [5.41, 5.74) is -1.65. The van der Waals surface area contributed by atoms with Gasteiger partial charge in [-0.2, -0.15) is 0 Å². The van der Waals surface area contributed by atoms with Crippen LogP contribution < -0.4 is 5.32 Å². The number of carbonyl (C=O) groups is 1. The van der Waals surface area contributed by atoms with E-state index in [9.17, 15) is 22.4 Å². The van der Waals surface area contributed by atoms with Gasteiger partial charge in [-0.3, -0.25) is 4.79 Å². The van der Waals surface area contributed by atoms with Crippen LogP contribution in [0.15, 0.2) is 18.2 Å².